The third-order valence-electron chi connectivity index (χ3n) is 2.34. The molecule has 0 radical (unpaired) electrons. The number of rotatable bonds is 6. The van der Waals surface area contributed by atoms with Gasteiger partial charge in [-0.3, -0.25) is 0 Å². The first-order valence-electron chi connectivity index (χ1n) is 5.72. The maximum absolute atomic E-state index is 11.2. The average Bonchev–Trinajstić information content (AvgIpc) is 2.36. The van der Waals surface area contributed by atoms with Gasteiger partial charge in [-0.25, -0.2) is 4.79 Å². The van der Waals surface area contributed by atoms with E-state index in [1.165, 1.54) is 0 Å². The molecule has 0 saturated carbocycles. The largest absolute Gasteiger partial charge is 0.482 e. The van der Waals surface area contributed by atoms with E-state index in [2.05, 4.69) is 0 Å². The molecule has 1 aromatic carbocycles. The SMILES string of the molecule is CCOC(=O)COc1ccc(CO)cc1CC. The zero-order chi connectivity index (χ0) is 12.7. The first-order valence-corrected chi connectivity index (χ1v) is 5.72. The van der Waals surface area contributed by atoms with Crippen molar-refractivity contribution >= 4 is 5.97 Å². The van der Waals surface area contributed by atoms with Crippen LogP contribution in [-0.2, 0) is 22.6 Å². The van der Waals surface area contributed by atoms with Crippen LogP contribution in [0.1, 0.15) is 25.0 Å². The lowest BCUT2D eigenvalue weighted by atomic mass is 10.1. The molecule has 4 nitrogen and oxygen atoms in total. The summed E-state index contributed by atoms with van der Waals surface area (Å²) in [6.45, 7) is 4.02. The molecule has 0 aliphatic heterocycles. The molecule has 94 valence electrons. The maximum Gasteiger partial charge on any atom is 0.344 e. The van der Waals surface area contributed by atoms with E-state index in [9.17, 15) is 4.79 Å². The van der Waals surface area contributed by atoms with Crippen molar-refractivity contribution in [3.05, 3.63) is 29.3 Å². The van der Waals surface area contributed by atoms with Crippen LogP contribution in [0.2, 0.25) is 0 Å². The highest BCUT2D eigenvalue weighted by Crippen LogP contribution is 2.20. The lowest BCUT2D eigenvalue weighted by Gasteiger charge is -2.11. The van der Waals surface area contributed by atoms with Crippen molar-refractivity contribution in [3.8, 4) is 5.75 Å². The average molecular weight is 238 g/mol. The van der Waals surface area contributed by atoms with Crippen molar-refractivity contribution in [2.75, 3.05) is 13.2 Å². The number of hydrogen-bond donors (Lipinski definition) is 1. The molecule has 0 unspecified atom stereocenters. The highest BCUT2D eigenvalue weighted by molar-refractivity contribution is 5.71. The Morgan fingerprint density at radius 1 is 1.35 bits per heavy atom. The summed E-state index contributed by atoms with van der Waals surface area (Å²) in [7, 11) is 0. The van der Waals surface area contributed by atoms with Gasteiger partial charge in [0.2, 0.25) is 0 Å². The first-order chi connectivity index (χ1) is 8.21. The Hall–Kier alpha value is -1.55. The van der Waals surface area contributed by atoms with Crippen molar-refractivity contribution < 1.29 is 19.4 Å². The number of esters is 1. The molecule has 0 heterocycles. The molecule has 0 aromatic heterocycles. The third-order valence-corrected chi connectivity index (χ3v) is 2.34. The Labute approximate surface area is 101 Å². The summed E-state index contributed by atoms with van der Waals surface area (Å²) in [5.41, 5.74) is 1.81. The van der Waals surface area contributed by atoms with Crippen LogP contribution in [-0.4, -0.2) is 24.3 Å². The molecule has 0 bridgehead atoms. The number of aliphatic hydroxyl groups excluding tert-OH is 1. The number of carbonyl (C=O) groups excluding carboxylic acids is 1. The summed E-state index contributed by atoms with van der Waals surface area (Å²) in [5, 5.41) is 9.02. The molecule has 1 rings (SSSR count). The molecule has 4 heteroatoms. The van der Waals surface area contributed by atoms with Crippen LogP contribution in [0.4, 0.5) is 0 Å². The van der Waals surface area contributed by atoms with Crippen LogP contribution >= 0.6 is 0 Å². The van der Waals surface area contributed by atoms with E-state index in [4.69, 9.17) is 14.6 Å². The molecule has 0 spiro atoms. The van der Waals surface area contributed by atoms with Gasteiger partial charge in [-0.1, -0.05) is 13.0 Å². The third kappa shape index (κ3) is 4.07. The minimum atomic E-state index is -0.374. The van der Waals surface area contributed by atoms with Crippen LogP contribution in [0.15, 0.2) is 18.2 Å². The summed E-state index contributed by atoms with van der Waals surface area (Å²) in [4.78, 5) is 11.2. The molecule has 0 saturated heterocycles. The number of ether oxygens (including phenoxy) is 2. The smallest absolute Gasteiger partial charge is 0.344 e. The first kappa shape index (κ1) is 13.5. The summed E-state index contributed by atoms with van der Waals surface area (Å²) in [5.74, 6) is 0.290. The number of aliphatic hydroxyl groups is 1. The highest BCUT2D eigenvalue weighted by Gasteiger charge is 2.07. The lowest BCUT2D eigenvalue weighted by Crippen LogP contribution is -2.15. The minimum absolute atomic E-state index is 0.00512. The zero-order valence-corrected chi connectivity index (χ0v) is 10.2. The summed E-state index contributed by atoms with van der Waals surface area (Å²) >= 11 is 0. The van der Waals surface area contributed by atoms with E-state index in [1.807, 2.05) is 13.0 Å². The van der Waals surface area contributed by atoms with Gasteiger partial charge in [0.05, 0.1) is 13.2 Å². The topological polar surface area (TPSA) is 55.8 Å². The quantitative estimate of drug-likeness (QED) is 0.766. The fraction of sp³-hybridized carbons (Fsp3) is 0.462. The second-order valence-corrected chi connectivity index (χ2v) is 3.55. The molecular weight excluding hydrogens is 220 g/mol. The van der Waals surface area contributed by atoms with Gasteiger partial charge >= 0.3 is 5.97 Å². The molecule has 1 N–H and O–H groups in total. The van der Waals surface area contributed by atoms with Crippen LogP contribution in [0, 0.1) is 0 Å². The Morgan fingerprint density at radius 3 is 2.71 bits per heavy atom. The van der Waals surface area contributed by atoms with Crippen molar-refractivity contribution in [3.63, 3.8) is 0 Å². The van der Waals surface area contributed by atoms with Crippen LogP contribution < -0.4 is 4.74 Å². The summed E-state index contributed by atoms with van der Waals surface area (Å²) < 4.78 is 10.2. The Kier molecular flexibility index (Phi) is 5.49. The van der Waals surface area contributed by atoms with Gasteiger partial charge < -0.3 is 14.6 Å². The Morgan fingerprint density at radius 2 is 2.12 bits per heavy atom. The van der Waals surface area contributed by atoms with E-state index in [1.54, 1.807) is 19.1 Å². The number of hydrogen-bond acceptors (Lipinski definition) is 4. The molecule has 17 heavy (non-hydrogen) atoms. The van der Waals surface area contributed by atoms with Gasteiger partial charge in [0.1, 0.15) is 5.75 Å². The Balaban J connectivity index is 2.67. The summed E-state index contributed by atoms with van der Waals surface area (Å²) in [6.07, 6.45) is 0.784. The maximum atomic E-state index is 11.2. The van der Waals surface area contributed by atoms with Crippen LogP contribution in [0.5, 0.6) is 5.75 Å². The standard InChI is InChI=1S/C13H18O4/c1-3-11-7-10(8-14)5-6-12(11)17-9-13(15)16-4-2/h5-7,14H,3-4,8-9H2,1-2H3. The molecule has 0 fully saturated rings. The zero-order valence-electron chi connectivity index (χ0n) is 10.2. The van der Waals surface area contributed by atoms with Crippen molar-refractivity contribution in [2.24, 2.45) is 0 Å². The molecule has 0 aliphatic carbocycles. The highest BCUT2D eigenvalue weighted by atomic mass is 16.6. The fourth-order valence-electron chi connectivity index (χ4n) is 1.49. The predicted octanol–water partition coefficient (Wildman–Crippen LogP) is 1.68. The van der Waals surface area contributed by atoms with Gasteiger partial charge in [0, 0.05) is 0 Å². The second-order valence-electron chi connectivity index (χ2n) is 3.55. The van der Waals surface area contributed by atoms with Gasteiger partial charge in [-0.2, -0.15) is 0 Å². The molecule has 0 aliphatic rings. The lowest BCUT2D eigenvalue weighted by molar-refractivity contribution is -0.145. The fourth-order valence-corrected chi connectivity index (χ4v) is 1.49. The molecular formula is C13H18O4. The van der Waals surface area contributed by atoms with Gasteiger partial charge in [0.25, 0.3) is 0 Å². The number of carbonyl (C=O) groups is 1. The van der Waals surface area contributed by atoms with Gasteiger partial charge in [-0.15, -0.1) is 0 Å². The second kappa shape index (κ2) is 6.91. The van der Waals surface area contributed by atoms with Crippen molar-refractivity contribution in [2.45, 2.75) is 26.9 Å². The van der Waals surface area contributed by atoms with Gasteiger partial charge in [0.15, 0.2) is 6.61 Å². The van der Waals surface area contributed by atoms with Crippen LogP contribution in [0.3, 0.4) is 0 Å². The number of aryl methyl sites for hydroxylation is 1. The number of benzene rings is 1. The van der Waals surface area contributed by atoms with E-state index in [0.29, 0.717) is 12.4 Å². The van der Waals surface area contributed by atoms with E-state index < -0.39 is 0 Å². The molecule has 1 aromatic rings. The molecule has 0 amide bonds. The van der Waals surface area contributed by atoms with E-state index in [0.717, 1.165) is 17.5 Å². The van der Waals surface area contributed by atoms with Crippen molar-refractivity contribution in [1.29, 1.82) is 0 Å². The van der Waals surface area contributed by atoms with Crippen molar-refractivity contribution in [1.82, 2.24) is 0 Å². The normalized spacial score (nSPS) is 10.1. The van der Waals surface area contributed by atoms with Crippen LogP contribution in [0.25, 0.3) is 0 Å². The summed E-state index contributed by atoms with van der Waals surface area (Å²) in [6, 6.07) is 5.42. The van der Waals surface area contributed by atoms with E-state index in [-0.39, 0.29) is 19.2 Å². The predicted molar refractivity (Wildman–Crippen MR) is 63.9 cm³/mol. The van der Waals surface area contributed by atoms with E-state index >= 15 is 0 Å². The molecule has 0 atom stereocenters. The Bertz CT molecular complexity index is 374. The minimum Gasteiger partial charge on any atom is -0.482 e. The van der Waals surface area contributed by atoms with Gasteiger partial charge in [-0.05, 0) is 36.6 Å². The monoisotopic (exact) mass is 238 g/mol.